The third-order valence-corrected chi connectivity index (χ3v) is 3.77. The molecular weight excluding hydrogens is 332 g/mol. The predicted molar refractivity (Wildman–Crippen MR) is 86.8 cm³/mol. The molecule has 5 nitrogen and oxygen atoms in total. The maximum atomic E-state index is 13.8. The quantitative estimate of drug-likeness (QED) is 0.841. The van der Waals surface area contributed by atoms with E-state index in [0.29, 0.717) is 5.75 Å². The van der Waals surface area contributed by atoms with Crippen LogP contribution in [0.1, 0.15) is 27.4 Å². The zero-order chi connectivity index (χ0) is 18.6. The summed E-state index contributed by atoms with van der Waals surface area (Å²) >= 11 is 0. The molecule has 2 aromatic carbocycles. The van der Waals surface area contributed by atoms with Gasteiger partial charge in [-0.25, -0.2) is 8.78 Å². The van der Waals surface area contributed by atoms with Gasteiger partial charge < -0.3 is 15.2 Å². The van der Waals surface area contributed by atoms with Gasteiger partial charge in [0.1, 0.15) is 23.3 Å². The Morgan fingerprint density at radius 3 is 2.56 bits per heavy atom. The molecule has 0 heterocycles. The predicted octanol–water partition coefficient (Wildman–Crippen LogP) is 2.88. The maximum Gasteiger partial charge on any atom is 0.312 e. The molecule has 0 aliphatic carbocycles. The van der Waals surface area contributed by atoms with E-state index in [1.165, 1.54) is 13.2 Å². The van der Waals surface area contributed by atoms with Crippen molar-refractivity contribution in [2.75, 3.05) is 13.7 Å². The molecule has 0 saturated carbocycles. The second kappa shape index (κ2) is 7.74. The summed E-state index contributed by atoms with van der Waals surface area (Å²) in [5.74, 6) is -4.41. The van der Waals surface area contributed by atoms with Gasteiger partial charge in [0.25, 0.3) is 5.91 Å². The van der Waals surface area contributed by atoms with Crippen molar-refractivity contribution in [3.8, 4) is 5.75 Å². The molecule has 2 N–H and O–H groups in total. The highest BCUT2D eigenvalue weighted by Gasteiger charge is 2.24. The first-order valence-electron chi connectivity index (χ1n) is 7.44. The lowest BCUT2D eigenvalue weighted by Crippen LogP contribution is -2.32. The minimum Gasteiger partial charge on any atom is -0.496 e. The molecule has 0 bridgehead atoms. The number of carboxylic acids is 1. The zero-order valence-electron chi connectivity index (χ0n) is 13.7. The summed E-state index contributed by atoms with van der Waals surface area (Å²) in [6, 6.07) is 7.33. The number of carbonyl (C=O) groups excluding carboxylic acids is 1. The maximum absolute atomic E-state index is 13.8. The Bertz CT molecular complexity index is 808. The van der Waals surface area contributed by atoms with Gasteiger partial charge in [0, 0.05) is 17.7 Å². The van der Waals surface area contributed by atoms with Gasteiger partial charge in [-0.05, 0) is 42.8 Å². The lowest BCUT2D eigenvalue weighted by Gasteiger charge is -2.15. The fourth-order valence-electron chi connectivity index (χ4n) is 2.37. The smallest absolute Gasteiger partial charge is 0.312 e. The van der Waals surface area contributed by atoms with Crippen LogP contribution >= 0.6 is 0 Å². The Hall–Kier alpha value is -2.96. The molecule has 0 fully saturated rings. The van der Waals surface area contributed by atoms with E-state index in [4.69, 9.17) is 4.74 Å². The van der Waals surface area contributed by atoms with Crippen LogP contribution in [-0.4, -0.2) is 30.6 Å². The van der Waals surface area contributed by atoms with E-state index < -0.39 is 29.4 Å². The van der Waals surface area contributed by atoms with E-state index in [0.717, 1.165) is 23.8 Å². The van der Waals surface area contributed by atoms with Crippen LogP contribution in [0, 0.1) is 18.6 Å². The number of halogens is 2. The minimum atomic E-state index is -1.41. The van der Waals surface area contributed by atoms with Gasteiger partial charge in [0.15, 0.2) is 0 Å². The molecule has 0 spiro atoms. The van der Waals surface area contributed by atoms with E-state index >= 15 is 0 Å². The highest BCUT2D eigenvalue weighted by Crippen LogP contribution is 2.22. The molecule has 1 amide bonds. The first-order valence-corrected chi connectivity index (χ1v) is 7.44. The molecule has 1 unspecified atom stereocenters. The number of methoxy groups -OCH3 is 1. The van der Waals surface area contributed by atoms with E-state index in [1.807, 2.05) is 6.92 Å². The van der Waals surface area contributed by atoms with Crippen molar-refractivity contribution in [1.29, 1.82) is 0 Å². The van der Waals surface area contributed by atoms with Crippen molar-refractivity contribution < 1.29 is 28.2 Å². The van der Waals surface area contributed by atoms with Crippen molar-refractivity contribution in [2.45, 2.75) is 12.8 Å². The number of carbonyl (C=O) groups is 2. The van der Waals surface area contributed by atoms with E-state index in [1.54, 1.807) is 12.1 Å². The number of rotatable bonds is 6. The zero-order valence-corrected chi connectivity index (χ0v) is 13.7. The lowest BCUT2D eigenvalue weighted by molar-refractivity contribution is -0.138. The number of hydrogen-bond acceptors (Lipinski definition) is 3. The number of amides is 1. The SMILES string of the molecule is COc1cc(C(=O)NCC(C(=O)O)c2cc(F)ccc2F)ccc1C. The first kappa shape index (κ1) is 18.4. The molecule has 0 saturated heterocycles. The van der Waals surface area contributed by atoms with Gasteiger partial charge in [-0.2, -0.15) is 0 Å². The number of aliphatic carboxylic acids is 1. The molecule has 2 aromatic rings. The van der Waals surface area contributed by atoms with Crippen LogP contribution in [0.15, 0.2) is 36.4 Å². The van der Waals surface area contributed by atoms with Crippen molar-refractivity contribution >= 4 is 11.9 Å². The fourth-order valence-corrected chi connectivity index (χ4v) is 2.37. The average Bonchev–Trinajstić information content (AvgIpc) is 2.58. The normalized spacial score (nSPS) is 11.7. The summed E-state index contributed by atoms with van der Waals surface area (Å²) in [5, 5.41) is 11.7. The third kappa shape index (κ3) is 4.32. The fraction of sp³-hybridized carbons (Fsp3) is 0.222. The van der Waals surface area contributed by atoms with Crippen LogP contribution in [0.3, 0.4) is 0 Å². The van der Waals surface area contributed by atoms with Gasteiger partial charge in [0.2, 0.25) is 0 Å². The summed E-state index contributed by atoms with van der Waals surface area (Å²) in [5.41, 5.74) is 0.782. The van der Waals surface area contributed by atoms with Crippen LogP contribution in [0.5, 0.6) is 5.75 Å². The number of carboxylic acid groups (broad SMARTS) is 1. The van der Waals surface area contributed by atoms with Crippen LogP contribution in [0.4, 0.5) is 8.78 Å². The number of aryl methyl sites for hydroxylation is 1. The second-order valence-corrected chi connectivity index (χ2v) is 5.45. The van der Waals surface area contributed by atoms with E-state index in [-0.39, 0.29) is 17.7 Å². The molecule has 0 aromatic heterocycles. The molecule has 0 aliphatic heterocycles. The molecular formula is C18H17F2NO4. The average molecular weight is 349 g/mol. The summed E-state index contributed by atoms with van der Waals surface area (Å²) in [6.45, 7) is 1.43. The van der Waals surface area contributed by atoms with Crippen molar-refractivity contribution in [3.63, 3.8) is 0 Å². The summed E-state index contributed by atoms with van der Waals surface area (Å²) in [7, 11) is 1.47. The largest absolute Gasteiger partial charge is 0.496 e. The molecule has 0 radical (unpaired) electrons. The molecule has 132 valence electrons. The first-order chi connectivity index (χ1) is 11.8. The Kier molecular flexibility index (Phi) is 5.69. The Morgan fingerprint density at radius 2 is 1.92 bits per heavy atom. The monoisotopic (exact) mass is 349 g/mol. The molecule has 0 aliphatic rings. The Morgan fingerprint density at radius 1 is 1.20 bits per heavy atom. The van der Waals surface area contributed by atoms with Crippen LogP contribution in [-0.2, 0) is 4.79 Å². The number of nitrogens with one attached hydrogen (secondary N) is 1. The Balaban J connectivity index is 2.17. The van der Waals surface area contributed by atoms with Crippen molar-refractivity contribution in [1.82, 2.24) is 5.32 Å². The second-order valence-electron chi connectivity index (χ2n) is 5.45. The van der Waals surface area contributed by atoms with Gasteiger partial charge in [-0.1, -0.05) is 6.07 Å². The van der Waals surface area contributed by atoms with Gasteiger partial charge in [-0.15, -0.1) is 0 Å². The highest BCUT2D eigenvalue weighted by atomic mass is 19.1. The third-order valence-electron chi connectivity index (χ3n) is 3.77. The lowest BCUT2D eigenvalue weighted by atomic mass is 9.98. The molecule has 7 heteroatoms. The molecule has 25 heavy (non-hydrogen) atoms. The summed E-state index contributed by atoms with van der Waals surface area (Å²) in [6.07, 6.45) is 0. The number of benzene rings is 2. The van der Waals surface area contributed by atoms with Gasteiger partial charge in [-0.3, -0.25) is 9.59 Å². The topological polar surface area (TPSA) is 75.6 Å². The van der Waals surface area contributed by atoms with Crippen molar-refractivity contribution in [2.24, 2.45) is 0 Å². The van der Waals surface area contributed by atoms with Crippen molar-refractivity contribution in [3.05, 3.63) is 64.7 Å². The van der Waals surface area contributed by atoms with E-state index in [2.05, 4.69) is 5.32 Å². The standard InChI is InChI=1S/C18H17F2NO4/c1-10-3-4-11(7-16(10)25-2)17(22)21-9-14(18(23)24)13-8-12(19)5-6-15(13)20/h3-8,14H,9H2,1-2H3,(H,21,22)(H,23,24). The Labute approximate surface area is 143 Å². The molecule has 2 rings (SSSR count). The minimum absolute atomic E-state index is 0.270. The number of hydrogen-bond donors (Lipinski definition) is 2. The molecule has 1 atom stereocenters. The van der Waals surface area contributed by atoms with Gasteiger partial charge >= 0.3 is 5.97 Å². The highest BCUT2D eigenvalue weighted by molar-refractivity contribution is 5.95. The summed E-state index contributed by atoms with van der Waals surface area (Å²) < 4.78 is 32.2. The number of ether oxygens (including phenoxy) is 1. The van der Waals surface area contributed by atoms with Gasteiger partial charge in [0.05, 0.1) is 7.11 Å². The van der Waals surface area contributed by atoms with Crippen LogP contribution in [0.25, 0.3) is 0 Å². The van der Waals surface area contributed by atoms with Crippen LogP contribution in [0.2, 0.25) is 0 Å². The summed E-state index contributed by atoms with van der Waals surface area (Å²) in [4.78, 5) is 23.6. The van der Waals surface area contributed by atoms with Crippen LogP contribution < -0.4 is 10.1 Å². The van der Waals surface area contributed by atoms with E-state index in [9.17, 15) is 23.5 Å².